The van der Waals surface area contributed by atoms with Crippen molar-refractivity contribution in [3.05, 3.63) is 135 Å². The Hall–Kier alpha value is -6.52. The molecule has 1 amide bonds. The fourth-order valence-corrected chi connectivity index (χ4v) is 5.78. The van der Waals surface area contributed by atoms with Crippen LogP contribution >= 0.6 is 0 Å². The van der Waals surface area contributed by atoms with Crippen molar-refractivity contribution in [3.8, 4) is 23.6 Å². The van der Waals surface area contributed by atoms with E-state index < -0.39 is 5.97 Å². The summed E-state index contributed by atoms with van der Waals surface area (Å²) < 4.78 is 3.61. The molecule has 1 aromatic heterocycles. The molecule has 10 nitrogen and oxygen atoms in total. The molecule has 0 unspecified atom stereocenters. The molecule has 0 spiro atoms. The lowest BCUT2D eigenvalue weighted by Gasteiger charge is -2.29. The fraction of sp³-hybridized carbons (Fsp3) is 0.158. The number of hydrogen-bond donors (Lipinski definition) is 1. The van der Waals surface area contributed by atoms with Gasteiger partial charge in [0, 0.05) is 54.5 Å². The Kier molecular flexibility index (Phi) is 8.57. The van der Waals surface area contributed by atoms with Crippen LogP contribution in [0.4, 0.5) is 5.69 Å². The van der Waals surface area contributed by atoms with Crippen molar-refractivity contribution in [3.63, 3.8) is 0 Å². The molecule has 236 valence electrons. The minimum atomic E-state index is -1.32. The van der Waals surface area contributed by atoms with E-state index in [0.717, 1.165) is 44.9 Å². The molecule has 0 aliphatic heterocycles. The van der Waals surface area contributed by atoms with Crippen molar-refractivity contribution in [2.75, 3.05) is 33.1 Å². The normalized spacial score (nSPS) is 13.0. The Morgan fingerprint density at radius 2 is 1.83 bits per heavy atom. The number of carbonyl (C=O) groups excluding carboxylic acids is 2. The zero-order chi connectivity index (χ0) is 33.9. The molecular formula is C38H31N7O3. The molecule has 0 saturated heterocycles. The van der Waals surface area contributed by atoms with Gasteiger partial charge in [0.2, 0.25) is 0 Å². The number of fused-ring (bicyclic) bond motifs is 2. The van der Waals surface area contributed by atoms with Gasteiger partial charge < -0.3 is 20.1 Å². The Morgan fingerprint density at radius 3 is 2.54 bits per heavy atom. The molecule has 0 bridgehead atoms. The third kappa shape index (κ3) is 6.28. The maximum Gasteiger partial charge on any atom is 0.251 e. The summed E-state index contributed by atoms with van der Waals surface area (Å²) in [6.45, 7) is 0.102. The smallest absolute Gasteiger partial charge is 0.251 e. The highest BCUT2D eigenvalue weighted by atomic mass is 16.4. The highest BCUT2D eigenvalue weighted by molar-refractivity contribution is 6.08. The van der Waals surface area contributed by atoms with Crippen molar-refractivity contribution in [1.82, 2.24) is 20.3 Å². The SMILES string of the molecule is CN(C)c1ccc2c(c1)CC1=CC(=[N+](C)C)C=CC1=C2c1cc(C(=O)NCc2cn(-c3ccc(C#CC#N)cc3)nn2)ccc1C(=O)[O-]. The van der Waals surface area contributed by atoms with Crippen LogP contribution in [-0.2, 0) is 13.0 Å². The molecule has 0 saturated carbocycles. The number of benzene rings is 3. The largest absolute Gasteiger partial charge is 0.545 e. The van der Waals surface area contributed by atoms with Crippen molar-refractivity contribution >= 4 is 28.8 Å². The Bertz CT molecular complexity index is 2210. The number of aromatic nitrogens is 3. The van der Waals surface area contributed by atoms with Crippen molar-refractivity contribution in [2.45, 2.75) is 13.0 Å². The molecule has 10 heteroatoms. The second-order valence-corrected chi connectivity index (χ2v) is 11.8. The summed E-state index contributed by atoms with van der Waals surface area (Å²) in [6, 6.07) is 19.7. The summed E-state index contributed by atoms with van der Waals surface area (Å²) in [5, 5.41) is 32.3. The third-order valence-electron chi connectivity index (χ3n) is 8.27. The quantitative estimate of drug-likeness (QED) is 0.245. The maximum absolute atomic E-state index is 13.5. The van der Waals surface area contributed by atoms with Gasteiger partial charge in [0.25, 0.3) is 5.91 Å². The number of carboxylic acid groups (broad SMARTS) is 1. The van der Waals surface area contributed by atoms with Crippen molar-refractivity contribution in [2.24, 2.45) is 0 Å². The molecule has 48 heavy (non-hydrogen) atoms. The zero-order valence-corrected chi connectivity index (χ0v) is 26.9. The van der Waals surface area contributed by atoms with Crippen LogP contribution < -0.4 is 15.3 Å². The first-order valence-corrected chi connectivity index (χ1v) is 15.2. The summed E-state index contributed by atoms with van der Waals surface area (Å²) >= 11 is 0. The van der Waals surface area contributed by atoms with Crippen LogP contribution in [0.15, 0.2) is 96.2 Å². The van der Waals surface area contributed by atoms with Gasteiger partial charge >= 0.3 is 0 Å². The summed E-state index contributed by atoms with van der Waals surface area (Å²) in [5.74, 6) is 3.39. The topological polar surface area (TPSA) is 130 Å². The number of carbonyl (C=O) groups is 2. The number of hydrogen-bond acceptors (Lipinski definition) is 7. The summed E-state index contributed by atoms with van der Waals surface area (Å²) in [6.07, 6.45) is 8.54. The second kappa shape index (κ2) is 13.1. The van der Waals surface area contributed by atoms with Gasteiger partial charge in [0.1, 0.15) is 19.8 Å². The average molecular weight is 634 g/mol. The number of nitriles is 1. The molecule has 1 heterocycles. The van der Waals surface area contributed by atoms with E-state index in [1.54, 1.807) is 47.3 Å². The molecule has 2 aliphatic rings. The van der Waals surface area contributed by atoms with E-state index in [4.69, 9.17) is 5.26 Å². The number of aromatic carboxylic acids is 1. The predicted molar refractivity (Wildman–Crippen MR) is 181 cm³/mol. The number of carboxylic acids is 1. The standard InChI is InChI=1S/C38H31N7O3/c1-43(2)30-12-15-32-26(19-30)18-27-20-31(44(3)4)13-16-33(27)36(32)35-21-25(9-14-34(35)38(47)48)37(46)40-22-28-23-45(42-41-28)29-10-7-24(8-11-29)6-5-17-39/h7-16,19-21,23H,18,22H2,1-4H3,(H-,40,46,47,48). The minimum absolute atomic E-state index is 0.00119. The van der Waals surface area contributed by atoms with Crippen LogP contribution in [0.1, 0.15) is 48.7 Å². The van der Waals surface area contributed by atoms with Crippen LogP contribution in [0.5, 0.6) is 0 Å². The first-order valence-electron chi connectivity index (χ1n) is 15.2. The van der Waals surface area contributed by atoms with Gasteiger partial charge in [-0.25, -0.2) is 9.26 Å². The lowest BCUT2D eigenvalue weighted by Crippen LogP contribution is -2.26. The summed E-state index contributed by atoms with van der Waals surface area (Å²) in [4.78, 5) is 28.0. The second-order valence-electron chi connectivity index (χ2n) is 11.8. The van der Waals surface area contributed by atoms with E-state index in [0.29, 0.717) is 28.8 Å². The minimum Gasteiger partial charge on any atom is -0.545 e. The zero-order valence-electron chi connectivity index (χ0n) is 26.9. The third-order valence-corrected chi connectivity index (χ3v) is 8.27. The van der Waals surface area contributed by atoms with Crippen LogP contribution in [-0.4, -0.2) is 65.3 Å². The van der Waals surface area contributed by atoms with Crippen LogP contribution in [0.2, 0.25) is 0 Å². The van der Waals surface area contributed by atoms with E-state index in [-0.39, 0.29) is 18.0 Å². The fourth-order valence-electron chi connectivity index (χ4n) is 5.78. The number of nitrogens with zero attached hydrogens (tertiary/aromatic N) is 6. The van der Waals surface area contributed by atoms with E-state index in [1.165, 1.54) is 12.1 Å². The van der Waals surface area contributed by atoms with Gasteiger partial charge in [-0.15, -0.1) is 5.10 Å². The first kappa shape index (κ1) is 31.5. The molecule has 2 aliphatic carbocycles. The Morgan fingerprint density at radius 1 is 1.04 bits per heavy atom. The molecule has 4 aromatic rings. The molecule has 6 rings (SSSR count). The van der Waals surface area contributed by atoms with Crippen LogP contribution in [0.3, 0.4) is 0 Å². The molecule has 0 radical (unpaired) electrons. The van der Waals surface area contributed by atoms with E-state index in [1.807, 2.05) is 62.0 Å². The van der Waals surface area contributed by atoms with Crippen molar-refractivity contribution in [1.29, 1.82) is 5.26 Å². The Labute approximate surface area is 278 Å². The molecule has 0 atom stereocenters. The van der Waals surface area contributed by atoms with E-state index in [2.05, 4.69) is 39.6 Å². The lowest BCUT2D eigenvalue weighted by molar-refractivity contribution is -0.462. The number of nitrogens with one attached hydrogen (secondary N) is 1. The first-order chi connectivity index (χ1) is 23.1. The van der Waals surface area contributed by atoms with Crippen molar-refractivity contribution < 1.29 is 19.3 Å². The van der Waals surface area contributed by atoms with Crippen LogP contribution in [0.25, 0.3) is 11.3 Å². The van der Waals surface area contributed by atoms with E-state index in [9.17, 15) is 14.7 Å². The highest BCUT2D eigenvalue weighted by Gasteiger charge is 2.28. The highest BCUT2D eigenvalue weighted by Crippen LogP contribution is 2.42. The average Bonchev–Trinajstić information content (AvgIpc) is 3.57. The van der Waals surface area contributed by atoms with Gasteiger partial charge in [-0.2, -0.15) is 5.26 Å². The molecule has 1 N–H and O–H groups in total. The number of allylic oxidation sites excluding steroid dienone is 5. The predicted octanol–water partition coefficient (Wildman–Crippen LogP) is 3.07. The number of anilines is 1. The van der Waals surface area contributed by atoms with E-state index >= 15 is 0 Å². The molecule has 3 aromatic carbocycles. The molecular weight excluding hydrogens is 602 g/mol. The van der Waals surface area contributed by atoms with Crippen LogP contribution in [0, 0.1) is 23.2 Å². The Balaban J connectivity index is 1.33. The monoisotopic (exact) mass is 633 g/mol. The maximum atomic E-state index is 13.5. The summed E-state index contributed by atoms with van der Waals surface area (Å²) in [7, 11) is 7.93. The van der Waals surface area contributed by atoms with Gasteiger partial charge in [-0.1, -0.05) is 23.3 Å². The van der Waals surface area contributed by atoms with Gasteiger partial charge in [-0.05, 0) is 94.4 Å². The molecule has 0 fully saturated rings. The number of rotatable bonds is 7. The van der Waals surface area contributed by atoms with Gasteiger partial charge in [0.15, 0.2) is 11.8 Å². The summed E-state index contributed by atoms with van der Waals surface area (Å²) in [5.41, 5.74) is 9.43. The number of amides is 1. The van der Waals surface area contributed by atoms with Gasteiger partial charge in [-0.3, -0.25) is 4.79 Å². The lowest BCUT2D eigenvalue weighted by atomic mass is 9.76. The van der Waals surface area contributed by atoms with Gasteiger partial charge in [0.05, 0.1) is 24.4 Å².